The van der Waals surface area contributed by atoms with E-state index >= 15 is 0 Å². The van der Waals surface area contributed by atoms with Crippen molar-refractivity contribution < 1.29 is 24.0 Å². The Morgan fingerprint density at radius 1 is 1.55 bits per heavy atom. The van der Waals surface area contributed by atoms with Gasteiger partial charge in [0.2, 0.25) is 5.91 Å². The van der Waals surface area contributed by atoms with Crippen molar-refractivity contribution in [2.75, 3.05) is 12.8 Å². The molecule has 0 aliphatic carbocycles. The van der Waals surface area contributed by atoms with Crippen molar-refractivity contribution >= 4 is 20.6 Å². The highest BCUT2D eigenvalue weighted by molar-refractivity contribution is 7.32. The average Bonchev–Trinajstić information content (AvgIpc) is 2.84. The highest BCUT2D eigenvalue weighted by Crippen LogP contribution is 2.30. The van der Waals surface area contributed by atoms with E-state index in [1.807, 2.05) is 0 Å². The van der Waals surface area contributed by atoms with Crippen molar-refractivity contribution in [3.63, 3.8) is 0 Å². The number of nitrogens with one attached hydrogen (secondary N) is 1. The van der Waals surface area contributed by atoms with Crippen molar-refractivity contribution in [2.45, 2.75) is 38.6 Å². The Balaban J connectivity index is 1.88. The molecule has 2 aliphatic heterocycles. The Morgan fingerprint density at radius 2 is 2.32 bits per heavy atom. The number of aliphatic hydroxyl groups excluding tert-OH is 1. The first-order valence-corrected chi connectivity index (χ1v) is 8.26. The molecule has 120 valence electrons. The lowest BCUT2D eigenvalue weighted by Gasteiger charge is -2.23. The zero-order chi connectivity index (χ0) is 16.1. The number of hydrogen-bond acceptors (Lipinski definition) is 5. The summed E-state index contributed by atoms with van der Waals surface area (Å²) < 4.78 is 11.2. The maximum Gasteiger partial charge on any atom is 0.253 e. The summed E-state index contributed by atoms with van der Waals surface area (Å²) in [6.45, 7) is 3.70. The van der Waals surface area contributed by atoms with Crippen LogP contribution in [0.25, 0.3) is 0 Å². The van der Waals surface area contributed by atoms with Crippen LogP contribution in [0.2, 0.25) is 0 Å². The van der Waals surface area contributed by atoms with Crippen molar-refractivity contribution in [3.8, 4) is 11.8 Å². The molecule has 0 bridgehead atoms. The first-order valence-electron chi connectivity index (χ1n) is 7.14. The summed E-state index contributed by atoms with van der Waals surface area (Å²) in [5, 5.41) is 12.3. The number of carbonyl (C=O) groups is 2. The van der Waals surface area contributed by atoms with Crippen LogP contribution in [-0.2, 0) is 18.8 Å². The second kappa shape index (κ2) is 7.85. The lowest BCUT2D eigenvalue weighted by Crippen LogP contribution is -2.44. The van der Waals surface area contributed by atoms with Crippen molar-refractivity contribution in [2.24, 2.45) is 5.92 Å². The van der Waals surface area contributed by atoms with Gasteiger partial charge in [0.05, 0.1) is 30.9 Å². The molecule has 3 unspecified atom stereocenters. The van der Waals surface area contributed by atoms with E-state index in [0.29, 0.717) is 18.2 Å². The van der Waals surface area contributed by atoms with Crippen LogP contribution < -0.4 is 5.32 Å². The number of imide groups is 1. The Bertz CT molecular complexity index is 536. The summed E-state index contributed by atoms with van der Waals surface area (Å²) in [4.78, 5) is 23.3. The van der Waals surface area contributed by atoms with Gasteiger partial charge in [-0.05, 0) is 13.8 Å². The lowest BCUT2D eigenvalue weighted by molar-refractivity contribution is -0.134. The fourth-order valence-electron chi connectivity index (χ4n) is 2.45. The number of ether oxygens (including phenoxy) is 1. The van der Waals surface area contributed by atoms with Crippen molar-refractivity contribution in [1.82, 2.24) is 5.32 Å². The molecule has 2 aliphatic rings. The number of amides is 2. The predicted molar refractivity (Wildman–Crippen MR) is 82.3 cm³/mol. The Kier molecular flexibility index (Phi) is 6.10. The van der Waals surface area contributed by atoms with Gasteiger partial charge >= 0.3 is 0 Å². The molecule has 0 radical (unpaired) electrons. The summed E-state index contributed by atoms with van der Waals surface area (Å²) in [5.74, 6) is 4.38. The van der Waals surface area contributed by atoms with E-state index in [4.69, 9.17) is 9.26 Å². The minimum atomic E-state index is -0.675. The minimum Gasteiger partial charge on any atom is -0.390 e. The van der Waals surface area contributed by atoms with Gasteiger partial charge in [0.15, 0.2) is 0 Å². The van der Waals surface area contributed by atoms with Crippen LogP contribution in [0.15, 0.2) is 11.6 Å². The molecule has 22 heavy (non-hydrogen) atoms. The van der Waals surface area contributed by atoms with Crippen molar-refractivity contribution in [1.29, 1.82) is 0 Å². The van der Waals surface area contributed by atoms with E-state index in [1.54, 1.807) is 19.9 Å². The molecular weight excluding hydrogens is 305 g/mol. The molecule has 2 rings (SSSR count). The molecule has 0 saturated carbocycles. The Morgan fingerprint density at radius 3 is 3.05 bits per heavy atom. The first kappa shape index (κ1) is 17.1. The molecule has 5 atom stereocenters. The average molecular weight is 325 g/mol. The Labute approximate surface area is 131 Å². The maximum absolute atomic E-state index is 11.9. The highest BCUT2D eigenvalue weighted by Gasteiger charge is 2.42. The van der Waals surface area contributed by atoms with Crippen LogP contribution in [0.4, 0.5) is 0 Å². The predicted octanol–water partition coefficient (Wildman–Crippen LogP) is 0.357. The fourth-order valence-corrected chi connectivity index (χ4v) is 3.08. The molecule has 2 heterocycles. The quantitative estimate of drug-likeness (QED) is 0.330. The number of rotatable bonds is 5. The zero-order valence-electron chi connectivity index (χ0n) is 12.6. The Hall–Kier alpha value is -1.25. The first-order chi connectivity index (χ1) is 10.5. The molecule has 0 aromatic rings. The molecule has 7 heteroatoms. The van der Waals surface area contributed by atoms with Crippen LogP contribution in [0, 0.1) is 17.8 Å². The lowest BCUT2D eigenvalue weighted by atomic mass is 9.93. The van der Waals surface area contributed by atoms with Crippen LogP contribution in [0.1, 0.15) is 20.3 Å². The second-order valence-electron chi connectivity index (χ2n) is 5.27. The van der Waals surface area contributed by atoms with E-state index in [0.717, 1.165) is 0 Å². The van der Waals surface area contributed by atoms with Gasteiger partial charge in [0, 0.05) is 20.8 Å². The van der Waals surface area contributed by atoms with Gasteiger partial charge in [-0.25, -0.2) is 0 Å². The van der Waals surface area contributed by atoms with E-state index < -0.39 is 24.2 Å². The molecule has 1 fully saturated rings. The van der Waals surface area contributed by atoms with Crippen LogP contribution >= 0.6 is 8.81 Å². The summed E-state index contributed by atoms with van der Waals surface area (Å²) in [7, 11) is 0.241. The summed E-state index contributed by atoms with van der Waals surface area (Å²) in [6, 6.07) is 0. The van der Waals surface area contributed by atoms with Gasteiger partial charge in [-0.2, -0.15) is 0 Å². The van der Waals surface area contributed by atoms with E-state index in [-0.39, 0.29) is 27.2 Å². The third-order valence-corrected chi connectivity index (χ3v) is 4.36. The van der Waals surface area contributed by atoms with Gasteiger partial charge in [0.1, 0.15) is 6.10 Å². The minimum absolute atomic E-state index is 0.241. The fraction of sp³-hybridized carbons (Fsp3) is 0.600. The van der Waals surface area contributed by atoms with E-state index in [9.17, 15) is 14.7 Å². The summed E-state index contributed by atoms with van der Waals surface area (Å²) in [6.07, 6.45) is 1.06. The largest absolute Gasteiger partial charge is 0.390 e. The van der Waals surface area contributed by atoms with Gasteiger partial charge in [0.25, 0.3) is 5.91 Å². The molecule has 0 spiro atoms. The SMILES string of the molecule is CC#CCPOCC1O[C@H](C2C=C(C)C(=O)NC2=O)C[C@@H]1O. The van der Waals surface area contributed by atoms with Gasteiger partial charge in [-0.3, -0.25) is 14.9 Å². The monoisotopic (exact) mass is 325 g/mol. The smallest absolute Gasteiger partial charge is 0.253 e. The summed E-state index contributed by atoms with van der Waals surface area (Å²) >= 11 is 0. The van der Waals surface area contributed by atoms with E-state index in [1.165, 1.54) is 0 Å². The maximum atomic E-state index is 11.9. The molecule has 1 saturated heterocycles. The van der Waals surface area contributed by atoms with Gasteiger partial charge in [-0.15, -0.1) is 5.92 Å². The van der Waals surface area contributed by atoms with E-state index in [2.05, 4.69) is 17.2 Å². The molecule has 0 aromatic carbocycles. The van der Waals surface area contributed by atoms with Crippen LogP contribution in [0.5, 0.6) is 0 Å². The van der Waals surface area contributed by atoms with Gasteiger partial charge in [-0.1, -0.05) is 12.0 Å². The molecule has 0 aromatic heterocycles. The molecule has 6 nitrogen and oxygen atoms in total. The molecule has 2 amide bonds. The second-order valence-corrected chi connectivity index (χ2v) is 6.20. The summed E-state index contributed by atoms with van der Waals surface area (Å²) in [5.41, 5.74) is 0.488. The number of carbonyl (C=O) groups excluding carboxylic acids is 2. The van der Waals surface area contributed by atoms with Crippen LogP contribution in [0.3, 0.4) is 0 Å². The van der Waals surface area contributed by atoms with Crippen LogP contribution in [-0.4, -0.2) is 48.0 Å². The third-order valence-electron chi connectivity index (χ3n) is 3.67. The van der Waals surface area contributed by atoms with Crippen molar-refractivity contribution in [3.05, 3.63) is 11.6 Å². The third kappa shape index (κ3) is 4.15. The standard InChI is InChI=1S/C15H20NO5P/c1-3-4-5-22-20-8-13-11(17)7-12(21-13)10-6-9(2)14(18)16-15(10)19/h6,10-13,17,22H,5,7-8H2,1-2H3,(H,16,18,19)/t10?,11-,12-,13?/m0/s1. The number of aliphatic hydroxyl groups is 1. The molecular formula is C15H20NO5P. The zero-order valence-corrected chi connectivity index (χ0v) is 13.6. The molecule has 2 N–H and O–H groups in total. The normalized spacial score (nSPS) is 31.9. The number of hydrogen-bond donors (Lipinski definition) is 2. The highest BCUT2D eigenvalue weighted by atomic mass is 31.1. The topological polar surface area (TPSA) is 84.9 Å². The van der Waals surface area contributed by atoms with Gasteiger partial charge < -0.3 is 14.4 Å².